The molecule has 0 aliphatic carbocycles. The summed E-state index contributed by atoms with van der Waals surface area (Å²) >= 11 is 0. The molecule has 1 atom stereocenters. The Balaban J connectivity index is 1.66. The van der Waals surface area contributed by atoms with Gasteiger partial charge in [0.2, 0.25) is 6.41 Å². The van der Waals surface area contributed by atoms with Crippen molar-refractivity contribution in [3.8, 4) is 11.4 Å². The minimum atomic E-state index is -0.0959. The smallest absolute Gasteiger partial charge is 0.272 e. The molecular weight excluding hydrogens is 366 g/mol. The molecule has 1 aromatic heterocycles. The van der Waals surface area contributed by atoms with Crippen LogP contribution in [0.5, 0.6) is 0 Å². The van der Waals surface area contributed by atoms with E-state index in [0.717, 1.165) is 37.3 Å². The van der Waals surface area contributed by atoms with E-state index in [4.69, 9.17) is 4.98 Å². The number of carbonyl (C=O) groups is 2. The van der Waals surface area contributed by atoms with Gasteiger partial charge in [0.25, 0.3) is 5.91 Å². The van der Waals surface area contributed by atoms with Gasteiger partial charge in [-0.25, -0.2) is 9.97 Å². The molecule has 152 valence electrons. The Labute approximate surface area is 171 Å². The molecule has 0 N–H and O–H groups in total. The number of hydrogen-bond donors (Lipinski definition) is 0. The lowest BCUT2D eigenvalue weighted by Crippen LogP contribution is -2.48. The summed E-state index contributed by atoms with van der Waals surface area (Å²) in [6.07, 6.45) is 3.19. The van der Waals surface area contributed by atoms with Crippen LogP contribution in [-0.2, 0) is 4.79 Å². The van der Waals surface area contributed by atoms with Crippen molar-refractivity contribution in [3.63, 3.8) is 0 Å². The molecule has 2 aliphatic heterocycles. The van der Waals surface area contributed by atoms with Gasteiger partial charge in [-0.1, -0.05) is 37.3 Å². The van der Waals surface area contributed by atoms with Gasteiger partial charge in [-0.05, 0) is 18.8 Å². The van der Waals surface area contributed by atoms with E-state index < -0.39 is 0 Å². The summed E-state index contributed by atoms with van der Waals surface area (Å²) < 4.78 is 0. The van der Waals surface area contributed by atoms with Crippen molar-refractivity contribution in [2.75, 3.05) is 44.2 Å². The predicted octanol–water partition coefficient (Wildman–Crippen LogP) is 2.29. The Morgan fingerprint density at radius 1 is 1.07 bits per heavy atom. The normalized spacial score (nSPS) is 19.9. The van der Waals surface area contributed by atoms with E-state index in [1.165, 1.54) is 6.42 Å². The van der Waals surface area contributed by atoms with Crippen molar-refractivity contribution in [2.24, 2.45) is 5.92 Å². The predicted molar refractivity (Wildman–Crippen MR) is 112 cm³/mol. The van der Waals surface area contributed by atoms with Gasteiger partial charge in [-0.2, -0.15) is 0 Å². The van der Waals surface area contributed by atoms with Crippen molar-refractivity contribution in [3.05, 3.63) is 42.1 Å². The van der Waals surface area contributed by atoms with Crippen molar-refractivity contribution >= 4 is 18.1 Å². The van der Waals surface area contributed by atoms with Gasteiger partial charge in [0.15, 0.2) is 5.82 Å². The molecule has 2 aliphatic rings. The summed E-state index contributed by atoms with van der Waals surface area (Å²) in [5, 5.41) is 0. The average molecular weight is 393 g/mol. The number of nitrogens with zero attached hydrogens (tertiary/aromatic N) is 5. The first-order valence-corrected chi connectivity index (χ1v) is 10.3. The zero-order valence-electron chi connectivity index (χ0n) is 16.8. The van der Waals surface area contributed by atoms with Gasteiger partial charge in [0.1, 0.15) is 11.5 Å². The van der Waals surface area contributed by atoms with Crippen LogP contribution in [0.15, 0.2) is 36.4 Å². The lowest BCUT2D eigenvalue weighted by atomic mass is 10.0. The van der Waals surface area contributed by atoms with E-state index in [1.54, 1.807) is 9.80 Å². The SMILES string of the molecule is CC1CCCN(c2cc(C(=O)N3CCN(C=O)CC3)nc(-c3ccccc3)n2)C1. The Morgan fingerprint density at radius 3 is 2.52 bits per heavy atom. The number of benzene rings is 1. The number of carbonyl (C=O) groups excluding carboxylic acids is 2. The molecule has 29 heavy (non-hydrogen) atoms. The maximum absolute atomic E-state index is 13.2. The lowest BCUT2D eigenvalue weighted by molar-refractivity contribution is -0.119. The molecule has 0 bridgehead atoms. The third kappa shape index (κ3) is 4.39. The lowest BCUT2D eigenvalue weighted by Gasteiger charge is -2.33. The number of anilines is 1. The first-order valence-electron chi connectivity index (χ1n) is 10.3. The van der Waals surface area contributed by atoms with E-state index in [2.05, 4.69) is 16.8 Å². The molecule has 2 amide bonds. The number of piperazine rings is 1. The molecule has 3 heterocycles. The monoisotopic (exact) mass is 393 g/mol. The van der Waals surface area contributed by atoms with E-state index in [9.17, 15) is 9.59 Å². The molecule has 0 radical (unpaired) electrons. The second-order valence-corrected chi connectivity index (χ2v) is 7.93. The Bertz CT molecular complexity index is 865. The van der Waals surface area contributed by atoms with Crippen molar-refractivity contribution in [1.29, 1.82) is 0 Å². The highest BCUT2D eigenvalue weighted by Gasteiger charge is 2.25. The van der Waals surface area contributed by atoms with E-state index in [-0.39, 0.29) is 5.91 Å². The highest BCUT2D eigenvalue weighted by molar-refractivity contribution is 5.93. The third-order valence-electron chi connectivity index (χ3n) is 5.70. The molecule has 1 unspecified atom stereocenters. The fourth-order valence-electron chi connectivity index (χ4n) is 4.01. The van der Waals surface area contributed by atoms with Gasteiger partial charge >= 0.3 is 0 Å². The quantitative estimate of drug-likeness (QED) is 0.746. The number of rotatable bonds is 4. The maximum atomic E-state index is 13.2. The van der Waals surface area contributed by atoms with Gasteiger partial charge < -0.3 is 14.7 Å². The van der Waals surface area contributed by atoms with Crippen LogP contribution in [-0.4, -0.2) is 71.4 Å². The van der Waals surface area contributed by atoms with Crippen molar-refractivity contribution < 1.29 is 9.59 Å². The second-order valence-electron chi connectivity index (χ2n) is 7.93. The molecular formula is C22H27N5O2. The van der Waals surface area contributed by atoms with Crippen LogP contribution in [0, 0.1) is 5.92 Å². The Morgan fingerprint density at radius 2 is 1.83 bits per heavy atom. The number of hydrogen-bond acceptors (Lipinski definition) is 5. The first-order chi connectivity index (χ1) is 14.1. The third-order valence-corrected chi connectivity index (χ3v) is 5.70. The molecule has 4 rings (SSSR count). The largest absolute Gasteiger partial charge is 0.356 e. The Hall–Kier alpha value is -2.96. The standard InChI is InChI=1S/C22H27N5O2/c1-17-6-5-9-27(15-17)20-14-19(22(29)26-12-10-25(16-28)11-13-26)23-21(24-20)18-7-3-2-4-8-18/h2-4,7-8,14,16-17H,5-6,9-13,15H2,1H3. The summed E-state index contributed by atoms with van der Waals surface area (Å²) in [7, 11) is 0. The average Bonchev–Trinajstić information content (AvgIpc) is 2.79. The van der Waals surface area contributed by atoms with Crippen LogP contribution in [0.1, 0.15) is 30.3 Å². The minimum absolute atomic E-state index is 0.0959. The summed E-state index contributed by atoms with van der Waals surface area (Å²) in [5.74, 6) is 1.91. The molecule has 0 spiro atoms. The molecule has 2 fully saturated rings. The highest BCUT2D eigenvalue weighted by Crippen LogP contribution is 2.25. The van der Waals surface area contributed by atoms with E-state index in [1.807, 2.05) is 36.4 Å². The zero-order chi connectivity index (χ0) is 20.2. The van der Waals surface area contributed by atoms with Gasteiger partial charge in [0, 0.05) is 50.9 Å². The van der Waals surface area contributed by atoms with Gasteiger partial charge in [-0.3, -0.25) is 9.59 Å². The fourth-order valence-corrected chi connectivity index (χ4v) is 4.01. The van der Waals surface area contributed by atoms with Crippen LogP contribution >= 0.6 is 0 Å². The topological polar surface area (TPSA) is 69.6 Å². The Kier molecular flexibility index (Phi) is 5.74. The van der Waals surface area contributed by atoms with E-state index in [0.29, 0.717) is 43.6 Å². The van der Waals surface area contributed by atoms with E-state index >= 15 is 0 Å². The molecule has 0 saturated carbocycles. The summed E-state index contributed by atoms with van der Waals surface area (Å²) in [5.41, 5.74) is 1.32. The zero-order valence-corrected chi connectivity index (χ0v) is 16.8. The summed E-state index contributed by atoms with van der Waals surface area (Å²) in [6, 6.07) is 11.6. The van der Waals surface area contributed by atoms with Crippen LogP contribution in [0.2, 0.25) is 0 Å². The van der Waals surface area contributed by atoms with Crippen molar-refractivity contribution in [2.45, 2.75) is 19.8 Å². The number of aromatic nitrogens is 2. The van der Waals surface area contributed by atoms with Crippen molar-refractivity contribution in [1.82, 2.24) is 19.8 Å². The molecule has 1 aromatic carbocycles. The molecule has 2 saturated heterocycles. The maximum Gasteiger partial charge on any atom is 0.272 e. The minimum Gasteiger partial charge on any atom is -0.356 e. The second kappa shape index (κ2) is 8.59. The molecule has 2 aromatic rings. The van der Waals surface area contributed by atoms with Crippen LogP contribution in [0.3, 0.4) is 0 Å². The summed E-state index contributed by atoms with van der Waals surface area (Å²) in [4.78, 5) is 39.3. The van der Waals surface area contributed by atoms with Gasteiger partial charge in [-0.15, -0.1) is 0 Å². The number of piperidine rings is 1. The van der Waals surface area contributed by atoms with Crippen LogP contribution in [0.4, 0.5) is 5.82 Å². The first kappa shape index (κ1) is 19.4. The summed E-state index contributed by atoms with van der Waals surface area (Å²) in [6.45, 7) is 6.31. The van der Waals surface area contributed by atoms with Crippen LogP contribution in [0.25, 0.3) is 11.4 Å². The highest BCUT2D eigenvalue weighted by atomic mass is 16.2. The molecule has 7 heteroatoms. The number of amides is 2. The van der Waals surface area contributed by atoms with Gasteiger partial charge in [0.05, 0.1) is 0 Å². The molecule has 7 nitrogen and oxygen atoms in total. The van der Waals surface area contributed by atoms with Crippen LogP contribution < -0.4 is 4.90 Å². The fraction of sp³-hybridized carbons (Fsp3) is 0.455.